The average Bonchev–Trinajstić information content (AvgIpc) is 2.65. The molecule has 2 aromatic carbocycles. The predicted octanol–water partition coefficient (Wildman–Crippen LogP) is 5.85. The minimum Gasteiger partial charge on any atom is -0.494 e. The number of nitrogens with one attached hydrogen (secondary N) is 2. The van der Waals surface area contributed by atoms with E-state index < -0.39 is 0 Å². The standard InChI is InChI=1S/C21H27BrN2O2/c1-2-3-4-5-8-15-26-18-13-11-17(12-14-18)24-21(25)16-23-20-10-7-6-9-19(20)22/h6-7,9-14,23H,2-5,8,15-16H2,1H3,(H,24,25). The Balaban J connectivity index is 1.69. The van der Waals surface area contributed by atoms with Crippen molar-refractivity contribution >= 4 is 33.2 Å². The first-order valence-electron chi connectivity index (χ1n) is 9.20. The van der Waals surface area contributed by atoms with Crippen molar-refractivity contribution in [2.75, 3.05) is 23.8 Å². The predicted molar refractivity (Wildman–Crippen MR) is 112 cm³/mol. The maximum absolute atomic E-state index is 12.1. The Kier molecular flexibility index (Phi) is 9.04. The lowest BCUT2D eigenvalue weighted by molar-refractivity contribution is -0.114. The van der Waals surface area contributed by atoms with Crippen LogP contribution in [0.5, 0.6) is 5.75 Å². The van der Waals surface area contributed by atoms with E-state index in [0.29, 0.717) is 0 Å². The van der Waals surface area contributed by atoms with Gasteiger partial charge in [0.05, 0.1) is 13.2 Å². The fraction of sp³-hybridized carbons (Fsp3) is 0.381. The number of hydrogen-bond acceptors (Lipinski definition) is 3. The lowest BCUT2D eigenvalue weighted by Gasteiger charge is -2.10. The lowest BCUT2D eigenvalue weighted by atomic mass is 10.2. The highest BCUT2D eigenvalue weighted by Gasteiger charge is 2.04. The molecule has 4 nitrogen and oxygen atoms in total. The molecule has 0 bridgehead atoms. The van der Waals surface area contributed by atoms with Gasteiger partial charge in [-0.1, -0.05) is 44.7 Å². The van der Waals surface area contributed by atoms with Crippen LogP contribution in [0, 0.1) is 0 Å². The van der Waals surface area contributed by atoms with Crippen LogP contribution in [0.25, 0.3) is 0 Å². The van der Waals surface area contributed by atoms with Gasteiger partial charge in [0, 0.05) is 15.8 Å². The van der Waals surface area contributed by atoms with Crippen LogP contribution in [0.15, 0.2) is 53.0 Å². The van der Waals surface area contributed by atoms with E-state index in [9.17, 15) is 4.79 Å². The van der Waals surface area contributed by atoms with Gasteiger partial charge in [0.2, 0.25) is 5.91 Å². The van der Waals surface area contributed by atoms with E-state index in [0.717, 1.165) is 34.6 Å². The van der Waals surface area contributed by atoms with Crippen LogP contribution in [0.3, 0.4) is 0 Å². The van der Waals surface area contributed by atoms with Crippen LogP contribution >= 0.6 is 15.9 Å². The molecule has 0 aliphatic rings. The number of carbonyl (C=O) groups excluding carboxylic acids is 1. The third-order valence-corrected chi connectivity index (χ3v) is 4.66. The maximum Gasteiger partial charge on any atom is 0.243 e. The Hall–Kier alpha value is -2.01. The van der Waals surface area contributed by atoms with Crippen LogP contribution in [0.2, 0.25) is 0 Å². The molecule has 1 amide bonds. The molecule has 0 spiro atoms. The zero-order chi connectivity index (χ0) is 18.6. The van der Waals surface area contributed by atoms with Gasteiger partial charge in [0.15, 0.2) is 0 Å². The van der Waals surface area contributed by atoms with Crippen LogP contribution in [0.1, 0.15) is 39.0 Å². The van der Waals surface area contributed by atoms with Crippen molar-refractivity contribution < 1.29 is 9.53 Å². The summed E-state index contributed by atoms with van der Waals surface area (Å²) in [5.41, 5.74) is 1.66. The Labute approximate surface area is 164 Å². The highest BCUT2D eigenvalue weighted by molar-refractivity contribution is 9.10. The summed E-state index contributed by atoms with van der Waals surface area (Å²) in [5.74, 6) is 0.746. The monoisotopic (exact) mass is 418 g/mol. The zero-order valence-electron chi connectivity index (χ0n) is 15.3. The number of unbranched alkanes of at least 4 members (excludes halogenated alkanes) is 4. The van der Waals surface area contributed by atoms with E-state index in [1.165, 1.54) is 25.7 Å². The summed E-state index contributed by atoms with van der Waals surface area (Å²) in [4.78, 5) is 12.1. The fourth-order valence-corrected chi connectivity index (χ4v) is 2.94. The van der Waals surface area contributed by atoms with Crippen molar-refractivity contribution in [2.24, 2.45) is 0 Å². The van der Waals surface area contributed by atoms with Crippen molar-refractivity contribution in [1.29, 1.82) is 0 Å². The molecule has 140 valence electrons. The van der Waals surface area contributed by atoms with Crippen molar-refractivity contribution in [3.63, 3.8) is 0 Å². The summed E-state index contributed by atoms with van der Waals surface area (Å²) in [6, 6.07) is 15.2. The van der Waals surface area contributed by atoms with Crippen LogP contribution < -0.4 is 15.4 Å². The van der Waals surface area contributed by atoms with Gasteiger partial charge in [-0.15, -0.1) is 0 Å². The lowest BCUT2D eigenvalue weighted by Crippen LogP contribution is -2.21. The fourth-order valence-electron chi connectivity index (χ4n) is 2.52. The molecule has 0 unspecified atom stereocenters. The summed E-state index contributed by atoms with van der Waals surface area (Å²) in [6.45, 7) is 3.16. The van der Waals surface area contributed by atoms with Gasteiger partial charge in [-0.05, 0) is 58.7 Å². The molecule has 26 heavy (non-hydrogen) atoms. The summed E-state index contributed by atoms with van der Waals surface area (Å²) < 4.78 is 6.67. The van der Waals surface area contributed by atoms with Gasteiger partial charge in [-0.25, -0.2) is 0 Å². The van der Waals surface area contributed by atoms with Crippen LogP contribution in [0.4, 0.5) is 11.4 Å². The molecule has 0 aliphatic heterocycles. The van der Waals surface area contributed by atoms with Crippen molar-refractivity contribution in [3.8, 4) is 5.75 Å². The molecular weight excluding hydrogens is 392 g/mol. The smallest absolute Gasteiger partial charge is 0.243 e. The molecule has 2 N–H and O–H groups in total. The van der Waals surface area contributed by atoms with Gasteiger partial charge in [-0.3, -0.25) is 4.79 Å². The number of amides is 1. The highest BCUT2D eigenvalue weighted by Crippen LogP contribution is 2.21. The third kappa shape index (κ3) is 7.48. The SMILES string of the molecule is CCCCCCCOc1ccc(NC(=O)CNc2ccccc2Br)cc1. The molecule has 0 aromatic heterocycles. The summed E-state index contributed by atoms with van der Waals surface area (Å²) in [5, 5.41) is 5.99. The minimum absolute atomic E-state index is 0.0923. The summed E-state index contributed by atoms with van der Waals surface area (Å²) >= 11 is 3.45. The first-order valence-corrected chi connectivity index (χ1v) is 9.99. The summed E-state index contributed by atoms with van der Waals surface area (Å²) in [7, 11) is 0. The zero-order valence-corrected chi connectivity index (χ0v) is 16.8. The van der Waals surface area contributed by atoms with E-state index in [-0.39, 0.29) is 12.5 Å². The summed E-state index contributed by atoms with van der Waals surface area (Å²) in [6.07, 6.45) is 6.13. The van der Waals surface area contributed by atoms with E-state index in [1.54, 1.807) is 0 Å². The number of carbonyl (C=O) groups is 1. The number of hydrogen-bond donors (Lipinski definition) is 2. The van der Waals surface area contributed by atoms with Crippen LogP contribution in [-0.2, 0) is 4.79 Å². The first kappa shape index (κ1) is 20.3. The molecule has 0 atom stereocenters. The second-order valence-electron chi connectivity index (χ2n) is 6.17. The second-order valence-corrected chi connectivity index (χ2v) is 7.02. The molecular formula is C21H27BrN2O2. The normalized spacial score (nSPS) is 10.4. The molecule has 0 saturated heterocycles. The molecule has 0 saturated carbocycles. The van der Waals surface area contributed by atoms with Crippen molar-refractivity contribution in [1.82, 2.24) is 0 Å². The number of anilines is 2. The largest absolute Gasteiger partial charge is 0.494 e. The maximum atomic E-state index is 12.1. The molecule has 5 heteroatoms. The molecule has 0 radical (unpaired) electrons. The molecule has 0 heterocycles. The third-order valence-electron chi connectivity index (χ3n) is 3.97. The Bertz CT molecular complexity index is 674. The van der Waals surface area contributed by atoms with E-state index in [1.807, 2.05) is 48.5 Å². The number of halogens is 1. The topological polar surface area (TPSA) is 50.4 Å². The average molecular weight is 419 g/mol. The van der Waals surface area contributed by atoms with Gasteiger partial charge in [0.1, 0.15) is 5.75 Å². The van der Waals surface area contributed by atoms with Gasteiger partial charge in [0.25, 0.3) is 0 Å². The van der Waals surface area contributed by atoms with Gasteiger partial charge < -0.3 is 15.4 Å². The van der Waals surface area contributed by atoms with E-state index in [4.69, 9.17) is 4.74 Å². The Morgan fingerprint density at radius 2 is 1.73 bits per heavy atom. The first-order chi connectivity index (χ1) is 12.7. The van der Waals surface area contributed by atoms with Gasteiger partial charge >= 0.3 is 0 Å². The van der Waals surface area contributed by atoms with Crippen molar-refractivity contribution in [3.05, 3.63) is 53.0 Å². The molecule has 0 aliphatic carbocycles. The number of benzene rings is 2. The quantitative estimate of drug-likeness (QED) is 0.450. The molecule has 0 fully saturated rings. The minimum atomic E-state index is -0.0923. The van der Waals surface area contributed by atoms with Gasteiger partial charge in [-0.2, -0.15) is 0 Å². The van der Waals surface area contributed by atoms with E-state index in [2.05, 4.69) is 33.5 Å². The van der Waals surface area contributed by atoms with Crippen molar-refractivity contribution in [2.45, 2.75) is 39.0 Å². The Morgan fingerprint density at radius 1 is 1.00 bits per heavy atom. The molecule has 2 rings (SSSR count). The highest BCUT2D eigenvalue weighted by atomic mass is 79.9. The van der Waals surface area contributed by atoms with Crippen LogP contribution in [-0.4, -0.2) is 19.1 Å². The second kappa shape index (κ2) is 11.6. The number of ether oxygens (including phenoxy) is 1. The number of para-hydroxylation sites is 1. The van der Waals surface area contributed by atoms with E-state index >= 15 is 0 Å². The molecule has 2 aromatic rings. The number of rotatable bonds is 11. The Morgan fingerprint density at radius 3 is 2.46 bits per heavy atom.